The second-order valence-corrected chi connectivity index (χ2v) is 6.98. The molecule has 3 aromatic rings. The maximum absolute atomic E-state index is 6.15. The van der Waals surface area contributed by atoms with Gasteiger partial charge in [-0.1, -0.05) is 60.7 Å². The summed E-state index contributed by atoms with van der Waals surface area (Å²) >= 11 is 0. The van der Waals surface area contributed by atoms with E-state index >= 15 is 0 Å². The van der Waals surface area contributed by atoms with Gasteiger partial charge in [-0.25, -0.2) is 0 Å². The molecular formula is C24H31Cl3N4. The minimum Gasteiger partial charge on any atom is -0.399 e. The van der Waals surface area contributed by atoms with Crippen molar-refractivity contribution in [3.63, 3.8) is 0 Å². The summed E-state index contributed by atoms with van der Waals surface area (Å²) in [6, 6.07) is 24.7. The van der Waals surface area contributed by atoms with Crippen LogP contribution in [0.5, 0.6) is 0 Å². The molecule has 0 aliphatic rings. The number of anilines is 1. The Morgan fingerprint density at radius 1 is 0.613 bits per heavy atom. The zero-order valence-corrected chi connectivity index (χ0v) is 19.8. The lowest BCUT2D eigenvalue weighted by atomic mass is 10.0. The Hall–Kier alpha value is -2.24. The van der Waals surface area contributed by atoms with Gasteiger partial charge in [-0.3, -0.25) is 4.99 Å². The molecule has 0 radical (unpaired) electrons. The van der Waals surface area contributed by atoms with Crippen LogP contribution in [0.4, 0.5) is 5.69 Å². The number of halogens is 3. The number of aliphatic imine (C=N–C) groups is 1. The second kappa shape index (κ2) is 14.7. The number of nitrogen functional groups attached to an aromatic ring is 1. The van der Waals surface area contributed by atoms with Crippen LogP contribution in [0.3, 0.4) is 0 Å². The van der Waals surface area contributed by atoms with E-state index < -0.39 is 0 Å². The van der Waals surface area contributed by atoms with Crippen molar-refractivity contribution >= 4 is 48.7 Å². The Balaban J connectivity index is 0.00000300. The molecule has 0 fully saturated rings. The normalized spacial score (nSPS) is 10.4. The van der Waals surface area contributed by atoms with Crippen molar-refractivity contribution in [3.05, 3.63) is 101 Å². The van der Waals surface area contributed by atoms with Gasteiger partial charge in [0, 0.05) is 24.3 Å². The predicted octanol–water partition coefficient (Wildman–Crippen LogP) is 4.73. The minimum atomic E-state index is 0. The molecule has 0 bridgehead atoms. The van der Waals surface area contributed by atoms with Gasteiger partial charge in [0.15, 0.2) is 0 Å². The Bertz CT molecular complexity index is 909. The van der Waals surface area contributed by atoms with Crippen LogP contribution >= 0.6 is 37.2 Å². The molecule has 0 aromatic heterocycles. The second-order valence-electron chi connectivity index (χ2n) is 6.98. The highest BCUT2D eigenvalue weighted by atomic mass is 35.5. The number of rotatable bonds is 8. The lowest BCUT2D eigenvalue weighted by Crippen LogP contribution is -2.14. The van der Waals surface area contributed by atoms with E-state index in [1.165, 1.54) is 22.3 Å². The monoisotopic (exact) mass is 480 g/mol. The summed E-state index contributed by atoms with van der Waals surface area (Å²) in [6.07, 6.45) is 2.85. The maximum atomic E-state index is 6.15. The topological polar surface area (TPSA) is 90.4 Å². The van der Waals surface area contributed by atoms with Gasteiger partial charge in [0.1, 0.15) is 5.84 Å². The van der Waals surface area contributed by atoms with Crippen molar-refractivity contribution in [2.45, 2.75) is 25.8 Å². The standard InChI is InChI=1S/C24H28N4.3ClH/c25-17-21-5-3-18(4-6-21)1-2-19-7-11-22(12-8-19)24(27)28-16-15-20-9-13-23(26)14-10-20;;;/h3-14H,1-2,15-17,25-26H2,(H2,27,28);3*1H. The lowest BCUT2D eigenvalue weighted by Gasteiger charge is -2.06. The van der Waals surface area contributed by atoms with Gasteiger partial charge in [0.25, 0.3) is 0 Å². The Kier molecular flexibility index (Phi) is 13.6. The molecule has 0 heterocycles. The van der Waals surface area contributed by atoms with Gasteiger partial charge in [-0.2, -0.15) is 0 Å². The zero-order chi connectivity index (χ0) is 19.8. The van der Waals surface area contributed by atoms with Gasteiger partial charge in [0.2, 0.25) is 0 Å². The molecule has 0 aliphatic carbocycles. The molecule has 31 heavy (non-hydrogen) atoms. The fourth-order valence-electron chi connectivity index (χ4n) is 3.05. The van der Waals surface area contributed by atoms with Crippen molar-refractivity contribution < 1.29 is 0 Å². The molecule has 6 N–H and O–H groups in total. The van der Waals surface area contributed by atoms with Crippen LogP contribution in [-0.2, 0) is 25.8 Å². The van der Waals surface area contributed by atoms with Crippen LogP contribution in [0.2, 0.25) is 0 Å². The molecule has 7 heteroatoms. The third-order valence-electron chi connectivity index (χ3n) is 4.87. The van der Waals surface area contributed by atoms with Gasteiger partial charge in [-0.05, 0) is 53.6 Å². The first-order chi connectivity index (χ1) is 13.6. The molecule has 3 rings (SSSR count). The predicted molar refractivity (Wildman–Crippen MR) is 140 cm³/mol. The summed E-state index contributed by atoms with van der Waals surface area (Å²) in [6.45, 7) is 1.25. The van der Waals surface area contributed by atoms with E-state index in [4.69, 9.17) is 17.2 Å². The molecule has 0 saturated heterocycles. The Morgan fingerprint density at radius 3 is 1.55 bits per heavy atom. The van der Waals surface area contributed by atoms with Crippen LogP contribution in [-0.4, -0.2) is 12.4 Å². The van der Waals surface area contributed by atoms with Crippen molar-refractivity contribution in [1.82, 2.24) is 0 Å². The smallest absolute Gasteiger partial charge is 0.125 e. The Morgan fingerprint density at radius 2 is 1.03 bits per heavy atom. The molecule has 3 aromatic carbocycles. The van der Waals surface area contributed by atoms with E-state index in [0.29, 0.717) is 18.9 Å². The molecule has 0 unspecified atom stereocenters. The third kappa shape index (κ3) is 9.19. The third-order valence-corrected chi connectivity index (χ3v) is 4.87. The highest BCUT2D eigenvalue weighted by Gasteiger charge is 2.01. The summed E-state index contributed by atoms with van der Waals surface area (Å²) in [4.78, 5) is 4.50. The van der Waals surface area contributed by atoms with Crippen LogP contribution in [0.25, 0.3) is 0 Å². The van der Waals surface area contributed by atoms with Crippen molar-refractivity contribution in [2.75, 3.05) is 12.3 Å². The van der Waals surface area contributed by atoms with Crippen LogP contribution in [0.1, 0.15) is 27.8 Å². The molecule has 0 saturated carbocycles. The molecule has 168 valence electrons. The summed E-state index contributed by atoms with van der Waals surface area (Å²) in [5.41, 5.74) is 24.2. The zero-order valence-electron chi connectivity index (χ0n) is 17.4. The molecule has 4 nitrogen and oxygen atoms in total. The minimum absolute atomic E-state index is 0. The molecule has 0 amide bonds. The van der Waals surface area contributed by atoms with E-state index in [-0.39, 0.29) is 37.2 Å². The first kappa shape index (κ1) is 28.8. The van der Waals surface area contributed by atoms with E-state index in [9.17, 15) is 0 Å². The first-order valence-corrected chi connectivity index (χ1v) is 9.65. The van der Waals surface area contributed by atoms with Gasteiger partial charge < -0.3 is 17.2 Å². The first-order valence-electron chi connectivity index (χ1n) is 9.65. The Labute approximate surface area is 203 Å². The summed E-state index contributed by atoms with van der Waals surface area (Å²) in [7, 11) is 0. The number of hydrogen-bond acceptors (Lipinski definition) is 3. The number of amidine groups is 1. The quantitative estimate of drug-likeness (QED) is 0.247. The molecule has 0 spiro atoms. The summed E-state index contributed by atoms with van der Waals surface area (Å²) < 4.78 is 0. The SMILES string of the molecule is Cl.Cl.Cl.NCc1ccc(CCc2ccc(C(N)=NCCc3ccc(N)cc3)cc2)cc1. The number of benzene rings is 3. The van der Waals surface area contributed by atoms with Crippen molar-refractivity contribution in [3.8, 4) is 0 Å². The highest BCUT2D eigenvalue weighted by molar-refractivity contribution is 5.97. The van der Waals surface area contributed by atoms with E-state index in [2.05, 4.69) is 53.5 Å². The van der Waals surface area contributed by atoms with Crippen LogP contribution < -0.4 is 17.2 Å². The number of nitrogens with zero attached hydrogens (tertiary/aromatic N) is 1. The summed E-state index contributed by atoms with van der Waals surface area (Å²) in [5.74, 6) is 0.583. The summed E-state index contributed by atoms with van der Waals surface area (Å²) in [5, 5.41) is 0. The van der Waals surface area contributed by atoms with Gasteiger partial charge >= 0.3 is 0 Å². The van der Waals surface area contributed by atoms with E-state index in [1.54, 1.807) is 0 Å². The van der Waals surface area contributed by atoms with E-state index in [1.807, 2.05) is 24.3 Å². The molecule has 0 atom stereocenters. The number of hydrogen-bond donors (Lipinski definition) is 3. The van der Waals surface area contributed by atoms with Crippen molar-refractivity contribution in [2.24, 2.45) is 16.5 Å². The fraction of sp³-hybridized carbons (Fsp3) is 0.208. The molecular weight excluding hydrogens is 451 g/mol. The lowest BCUT2D eigenvalue weighted by molar-refractivity contribution is 0.954. The van der Waals surface area contributed by atoms with Gasteiger partial charge in [0.05, 0.1) is 0 Å². The van der Waals surface area contributed by atoms with Crippen LogP contribution in [0.15, 0.2) is 77.8 Å². The molecule has 0 aliphatic heterocycles. The average molecular weight is 482 g/mol. The fourth-order valence-corrected chi connectivity index (χ4v) is 3.05. The maximum Gasteiger partial charge on any atom is 0.125 e. The van der Waals surface area contributed by atoms with Crippen molar-refractivity contribution in [1.29, 1.82) is 0 Å². The van der Waals surface area contributed by atoms with E-state index in [0.717, 1.165) is 30.5 Å². The number of aryl methyl sites for hydroxylation is 2. The van der Waals surface area contributed by atoms with Crippen LogP contribution in [0, 0.1) is 0 Å². The average Bonchev–Trinajstić information content (AvgIpc) is 2.74. The number of nitrogens with two attached hydrogens (primary N) is 3. The largest absolute Gasteiger partial charge is 0.399 e. The van der Waals surface area contributed by atoms with Gasteiger partial charge in [-0.15, -0.1) is 37.2 Å². The highest BCUT2D eigenvalue weighted by Crippen LogP contribution is 2.11.